The van der Waals surface area contributed by atoms with E-state index in [1.807, 2.05) is 6.20 Å². The zero-order valence-corrected chi connectivity index (χ0v) is 8.86. The highest BCUT2D eigenvalue weighted by atomic mass is 32.1. The molecule has 14 heavy (non-hydrogen) atoms. The Morgan fingerprint density at radius 2 is 2.57 bits per heavy atom. The lowest BCUT2D eigenvalue weighted by Gasteiger charge is -2.25. The van der Waals surface area contributed by atoms with Gasteiger partial charge in [-0.2, -0.15) is 0 Å². The molecule has 0 aromatic carbocycles. The number of hydrogen-bond donors (Lipinski definition) is 2. The van der Waals surface area contributed by atoms with Crippen molar-refractivity contribution in [1.29, 1.82) is 0 Å². The van der Waals surface area contributed by atoms with Gasteiger partial charge in [0, 0.05) is 24.2 Å². The average Bonchev–Trinajstić information content (AvgIpc) is 2.48. The van der Waals surface area contributed by atoms with Gasteiger partial charge in [0.05, 0.1) is 5.92 Å². The van der Waals surface area contributed by atoms with Crippen molar-refractivity contribution < 1.29 is 4.79 Å². The smallest absolute Gasteiger partial charge is 0.231 e. The van der Waals surface area contributed by atoms with E-state index in [1.165, 1.54) is 4.88 Å². The zero-order chi connectivity index (χ0) is 9.97. The largest absolute Gasteiger partial charge is 0.315 e. The lowest BCUT2D eigenvalue weighted by atomic mass is 10.0. The van der Waals surface area contributed by atoms with E-state index in [-0.39, 0.29) is 11.8 Å². The van der Waals surface area contributed by atoms with E-state index < -0.39 is 0 Å². The van der Waals surface area contributed by atoms with Gasteiger partial charge in [-0.3, -0.25) is 4.79 Å². The average molecular weight is 211 g/mol. The molecule has 2 N–H and O–H groups in total. The van der Waals surface area contributed by atoms with Crippen LogP contribution in [-0.4, -0.2) is 24.0 Å². The van der Waals surface area contributed by atoms with Gasteiger partial charge in [-0.1, -0.05) is 6.92 Å². The van der Waals surface area contributed by atoms with E-state index in [2.05, 4.69) is 22.5 Å². The molecule has 0 aliphatic carbocycles. The molecular formula is C9H13N3OS. The minimum Gasteiger partial charge on any atom is -0.315 e. The van der Waals surface area contributed by atoms with Crippen LogP contribution in [0.4, 0.5) is 5.13 Å². The van der Waals surface area contributed by atoms with Crippen LogP contribution in [-0.2, 0) is 11.2 Å². The maximum Gasteiger partial charge on any atom is 0.231 e. The number of hydrogen-bond acceptors (Lipinski definition) is 4. The van der Waals surface area contributed by atoms with Crippen molar-refractivity contribution in [3.8, 4) is 0 Å². The normalized spacial score (nSPS) is 16.4. The van der Waals surface area contributed by atoms with Crippen molar-refractivity contribution >= 4 is 22.4 Å². The monoisotopic (exact) mass is 211 g/mol. The van der Waals surface area contributed by atoms with Gasteiger partial charge < -0.3 is 10.6 Å². The van der Waals surface area contributed by atoms with Gasteiger partial charge >= 0.3 is 0 Å². The Morgan fingerprint density at radius 1 is 1.79 bits per heavy atom. The predicted molar refractivity (Wildman–Crippen MR) is 56.5 cm³/mol. The molecule has 1 amide bonds. The second-order valence-corrected chi connectivity index (χ2v) is 4.44. The SMILES string of the molecule is CCc1cnc(NC(=O)C2CNC2)s1. The van der Waals surface area contributed by atoms with Crippen LogP contribution in [0.15, 0.2) is 6.20 Å². The highest BCUT2D eigenvalue weighted by Gasteiger charge is 2.25. The summed E-state index contributed by atoms with van der Waals surface area (Å²) in [7, 11) is 0. The second-order valence-electron chi connectivity index (χ2n) is 3.33. The van der Waals surface area contributed by atoms with Gasteiger partial charge in [0.15, 0.2) is 5.13 Å². The fraction of sp³-hybridized carbons (Fsp3) is 0.556. The molecule has 2 rings (SSSR count). The van der Waals surface area contributed by atoms with E-state index in [4.69, 9.17) is 0 Å². The molecule has 4 nitrogen and oxygen atoms in total. The molecule has 1 fully saturated rings. The number of carbonyl (C=O) groups is 1. The predicted octanol–water partition coefficient (Wildman–Crippen LogP) is 0.863. The summed E-state index contributed by atoms with van der Waals surface area (Å²) in [5.74, 6) is 0.213. The van der Waals surface area contributed by atoms with Crippen LogP contribution in [0.3, 0.4) is 0 Å². The van der Waals surface area contributed by atoms with Crippen LogP contribution in [0, 0.1) is 5.92 Å². The summed E-state index contributed by atoms with van der Waals surface area (Å²) in [5.41, 5.74) is 0. The van der Waals surface area contributed by atoms with E-state index in [0.717, 1.165) is 24.6 Å². The van der Waals surface area contributed by atoms with Crippen molar-refractivity contribution in [2.75, 3.05) is 18.4 Å². The second kappa shape index (κ2) is 4.06. The van der Waals surface area contributed by atoms with Crippen molar-refractivity contribution in [3.63, 3.8) is 0 Å². The Bertz CT molecular complexity index is 333. The molecule has 0 radical (unpaired) electrons. The third kappa shape index (κ3) is 1.93. The molecule has 0 spiro atoms. The van der Waals surface area contributed by atoms with E-state index in [0.29, 0.717) is 0 Å². The third-order valence-corrected chi connectivity index (χ3v) is 3.34. The van der Waals surface area contributed by atoms with E-state index >= 15 is 0 Å². The molecule has 76 valence electrons. The summed E-state index contributed by atoms with van der Waals surface area (Å²) in [6.45, 7) is 3.66. The van der Waals surface area contributed by atoms with Crippen LogP contribution in [0.2, 0.25) is 0 Å². The molecule has 0 atom stereocenters. The van der Waals surface area contributed by atoms with Gasteiger partial charge in [0.2, 0.25) is 5.91 Å². The highest BCUT2D eigenvalue weighted by Crippen LogP contribution is 2.19. The van der Waals surface area contributed by atoms with Crippen LogP contribution < -0.4 is 10.6 Å². The van der Waals surface area contributed by atoms with Crippen LogP contribution in [0.5, 0.6) is 0 Å². The van der Waals surface area contributed by atoms with Crippen molar-refractivity contribution in [1.82, 2.24) is 10.3 Å². The Labute approximate surface area is 86.7 Å². The number of carbonyl (C=O) groups excluding carboxylic acids is 1. The number of rotatable bonds is 3. The number of nitrogens with one attached hydrogen (secondary N) is 2. The summed E-state index contributed by atoms with van der Waals surface area (Å²) >= 11 is 1.55. The van der Waals surface area contributed by atoms with Gasteiger partial charge in [-0.05, 0) is 6.42 Å². The third-order valence-electron chi connectivity index (χ3n) is 2.28. The first-order valence-electron chi connectivity index (χ1n) is 4.76. The maximum atomic E-state index is 11.5. The number of anilines is 1. The number of amides is 1. The fourth-order valence-electron chi connectivity index (χ4n) is 1.21. The summed E-state index contributed by atoms with van der Waals surface area (Å²) in [6.07, 6.45) is 2.79. The lowest BCUT2D eigenvalue weighted by Crippen LogP contribution is -2.48. The molecule has 5 heteroatoms. The Hall–Kier alpha value is -0.940. The minimum atomic E-state index is 0.0840. The fourth-order valence-corrected chi connectivity index (χ4v) is 1.97. The van der Waals surface area contributed by atoms with Gasteiger partial charge in [-0.25, -0.2) is 4.98 Å². The standard InChI is InChI=1S/C9H13N3OS/c1-2-7-5-11-9(14-7)12-8(13)6-3-10-4-6/h5-6,10H,2-4H2,1H3,(H,11,12,13). The molecule has 0 unspecified atom stereocenters. The maximum absolute atomic E-state index is 11.5. The van der Waals surface area contributed by atoms with Gasteiger partial charge in [0.25, 0.3) is 0 Å². The Balaban J connectivity index is 1.92. The van der Waals surface area contributed by atoms with Crippen LogP contribution in [0.1, 0.15) is 11.8 Å². The summed E-state index contributed by atoms with van der Waals surface area (Å²) < 4.78 is 0. The molecule has 1 aliphatic rings. The summed E-state index contributed by atoms with van der Waals surface area (Å²) in [4.78, 5) is 16.8. The lowest BCUT2D eigenvalue weighted by molar-refractivity contribution is -0.121. The van der Waals surface area contributed by atoms with Crippen LogP contribution >= 0.6 is 11.3 Å². The summed E-state index contributed by atoms with van der Waals surface area (Å²) in [5, 5.41) is 6.61. The molecule has 1 aromatic heterocycles. The highest BCUT2D eigenvalue weighted by molar-refractivity contribution is 7.15. The topological polar surface area (TPSA) is 54.0 Å². The molecule has 2 heterocycles. The summed E-state index contributed by atoms with van der Waals surface area (Å²) in [6, 6.07) is 0. The van der Waals surface area contributed by atoms with Crippen molar-refractivity contribution in [3.05, 3.63) is 11.1 Å². The van der Waals surface area contributed by atoms with Crippen LogP contribution in [0.25, 0.3) is 0 Å². The molecule has 1 saturated heterocycles. The molecule has 0 bridgehead atoms. The first kappa shape index (κ1) is 9.61. The first-order chi connectivity index (χ1) is 6.79. The number of thiazole rings is 1. The molecular weight excluding hydrogens is 198 g/mol. The number of aromatic nitrogens is 1. The first-order valence-corrected chi connectivity index (χ1v) is 5.57. The Morgan fingerprint density at radius 3 is 3.07 bits per heavy atom. The molecule has 1 aliphatic heterocycles. The van der Waals surface area contributed by atoms with E-state index in [1.54, 1.807) is 11.3 Å². The zero-order valence-electron chi connectivity index (χ0n) is 8.04. The molecule has 0 saturated carbocycles. The van der Waals surface area contributed by atoms with E-state index in [9.17, 15) is 4.79 Å². The number of nitrogens with zero attached hydrogens (tertiary/aromatic N) is 1. The minimum absolute atomic E-state index is 0.0840. The van der Waals surface area contributed by atoms with Crippen molar-refractivity contribution in [2.45, 2.75) is 13.3 Å². The Kier molecular flexibility index (Phi) is 2.79. The quantitative estimate of drug-likeness (QED) is 0.779. The van der Waals surface area contributed by atoms with Crippen molar-refractivity contribution in [2.24, 2.45) is 5.92 Å². The number of aryl methyl sites for hydroxylation is 1. The molecule has 1 aromatic rings. The van der Waals surface area contributed by atoms with Gasteiger partial charge in [0.1, 0.15) is 0 Å². The van der Waals surface area contributed by atoms with Gasteiger partial charge in [-0.15, -0.1) is 11.3 Å².